The number of benzene rings is 1. The normalized spacial score (nSPS) is 14.7. The zero-order valence-corrected chi connectivity index (χ0v) is 19.5. The Morgan fingerprint density at radius 3 is 2.47 bits per heavy atom. The molecule has 1 amide bonds. The van der Waals surface area contributed by atoms with E-state index in [9.17, 15) is 9.59 Å². The summed E-state index contributed by atoms with van der Waals surface area (Å²) in [5, 5.41) is 9.33. The number of likely N-dealkylation sites (N-methyl/N-ethyl adjacent to an activating group) is 1. The van der Waals surface area contributed by atoms with Gasteiger partial charge in [0.25, 0.3) is 11.5 Å². The van der Waals surface area contributed by atoms with Gasteiger partial charge >= 0.3 is 0 Å². The number of fused-ring (bicyclic) bond motifs is 2. The smallest absolute Gasteiger partial charge is 0.267 e. The maximum absolute atomic E-state index is 13.5. The van der Waals surface area contributed by atoms with E-state index in [0.717, 1.165) is 30.8 Å². The molecule has 1 N–H and O–H groups in total. The van der Waals surface area contributed by atoms with Crippen molar-refractivity contribution < 1.29 is 4.79 Å². The van der Waals surface area contributed by atoms with Crippen molar-refractivity contribution in [2.75, 3.05) is 32.7 Å². The topological polar surface area (TPSA) is 86.7 Å². The van der Waals surface area contributed by atoms with Crippen LogP contribution in [0.1, 0.15) is 28.4 Å². The molecule has 1 fully saturated rings. The number of hydrogen-bond donors (Lipinski definition) is 1. The Morgan fingerprint density at radius 1 is 1.03 bits per heavy atom. The SMILES string of the molecule is CCN1CCN(C(=O)c2cc3c(=O)n4cccc(C)c4nc3n(Cc3ccccc3)c2=N)CC1. The number of hydrogen-bond acceptors (Lipinski definition) is 5. The Hall–Kier alpha value is -3.78. The standard InChI is InChI=1S/C26H28N6O2/c1-3-29-12-14-30(15-13-29)25(33)20-16-21-24(28-23-18(2)8-7-11-31(23)26(21)34)32(22(20)27)17-19-9-5-4-6-10-19/h4-11,16,27H,3,12-15,17H2,1-2H3. The van der Waals surface area contributed by atoms with E-state index >= 15 is 0 Å². The van der Waals surface area contributed by atoms with Gasteiger partial charge in [-0.3, -0.25) is 19.4 Å². The summed E-state index contributed by atoms with van der Waals surface area (Å²) in [6, 6.07) is 15.0. The van der Waals surface area contributed by atoms with E-state index in [1.165, 1.54) is 4.40 Å². The molecule has 0 radical (unpaired) electrons. The Labute approximate surface area is 197 Å². The van der Waals surface area contributed by atoms with Gasteiger partial charge in [0.2, 0.25) is 0 Å². The summed E-state index contributed by atoms with van der Waals surface area (Å²) >= 11 is 0. The van der Waals surface area contributed by atoms with E-state index in [0.29, 0.717) is 36.3 Å². The van der Waals surface area contributed by atoms with Crippen LogP contribution in [0.5, 0.6) is 0 Å². The molecule has 3 aromatic heterocycles. The van der Waals surface area contributed by atoms with Crippen LogP contribution in [-0.2, 0) is 6.54 Å². The van der Waals surface area contributed by atoms with Gasteiger partial charge in [-0.1, -0.05) is 43.3 Å². The lowest BCUT2D eigenvalue weighted by Crippen LogP contribution is -2.49. The molecular formula is C26H28N6O2. The van der Waals surface area contributed by atoms with Gasteiger partial charge in [0, 0.05) is 32.4 Å². The van der Waals surface area contributed by atoms with Gasteiger partial charge in [-0.15, -0.1) is 0 Å². The van der Waals surface area contributed by atoms with Crippen molar-refractivity contribution >= 4 is 22.6 Å². The molecule has 1 aliphatic heterocycles. The first-order valence-corrected chi connectivity index (χ1v) is 11.6. The number of nitrogens with one attached hydrogen (secondary N) is 1. The van der Waals surface area contributed by atoms with Crippen LogP contribution < -0.4 is 11.0 Å². The molecule has 34 heavy (non-hydrogen) atoms. The van der Waals surface area contributed by atoms with Crippen molar-refractivity contribution in [1.29, 1.82) is 5.41 Å². The van der Waals surface area contributed by atoms with Crippen molar-refractivity contribution in [2.45, 2.75) is 20.4 Å². The molecular weight excluding hydrogens is 428 g/mol. The van der Waals surface area contributed by atoms with Gasteiger partial charge in [-0.2, -0.15) is 0 Å². The summed E-state index contributed by atoms with van der Waals surface area (Å²) in [5.41, 5.74) is 2.87. The van der Waals surface area contributed by atoms with Crippen molar-refractivity contribution in [3.05, 3.63) is 87.3 Å². The lowest BCUT2D eigenvalue weighted by atomic mass is 10.1. The first-order chi connectivity index (χ1) is 16.5. The number of piperazine rings is 1. The van der Waals surface area contributed by atoms with Gasteiger partial charge in [0.1, 0.15) is 16.8 Å². The Bertz CT molecular complexity index is 1500. The molecule has 8 heteroatoms. The molecule has 1 saturated heterocycles. The molecule has 0 bridgehead atoms. The minimum absolute atomic E-state index is 0.0732. The second-order valence-electron chi connectivity index (χ2n) is 8.74. The van der Waals surface area contributed by atoms with Crippen LogP contribution in [0.4, 0.5) is 0 Å². The third-order valence-corrected chi connectivity index (χ3v) is 6.65. The highest BCUT2D eigenvalue weighted by molar-refractivity contribution is 5.97. The van der Waals surface area contributed by atoms with Crippen molar-refractivity contribution in [2.24, 2.45) is 0 Å². The van der Waals surface area contributed by atoms with Crippen molar-refractivity contribution in [3.8, 4) is 0 Å². The minimum Gasteiger partial charge on any atom is -0.336 e. The second-order valence-corrected chi connectivity index (χ2v) is 8.74. The van der Waals surface area contributed by atoms with Gasteiger partial charge in [-0.05, 0) is 36.7 Å². The van der Waals surface area contributed by atoms with Gasteiger partial charge in [-0.25, -0.2) is 4.98 Å². The maximum Gasteiger partial charge on any atom is 0.267 e. The average Bonchev–Trinajstić information content (AvgIpc) is 2.87. The summed E-state index contributed by atoms with van der Waals surface area (Å²) in [4.78, 5) is 35.9. The molecule has 1 aliphatic rings. The molecule has 0 atom stereocenters. The quantitative estimate of drug-likeness (QED) is 0.478. The third-order valence-electron chi connectivity index (χ3n) is 6.65. The van der Waals surface area contributed by atoms with E-state index in [1.54, 1.807) is 21.7 Å². The number of nitrogens with zero attached hydrogens (tertiary/aromatic N) is 5. The van der Waals surface area contributed by atoms with E-state index in [4.69, 9.17) is 10.4 Å². The molecule has 0 saturated carbocycles. The number of amides is 1. The highest BCUT2D eigenvalue weighted by atomic mass is 16.2. The summed E-state index contributed by atoms with van der Waals surface area (Å²) in [5.74, 6) is -0.210. The average molecular weight is 457 g/mol. The van der Waals surface area contributed by atoms with Gasteiger partial charge in [0.05, 0.1) is 17.5 Å². The van der Waals surface area contributed by atoms with Gasteiger partial charge < -0.3 is 14.4 Å². The van der Waals surface area contributed by atoms with Crippen LogP contribution in [0.3, 0.4) is 0 Å². The number of rotatable bonds is 4. The van der Waals surface area contributed by atoms with E-state index in [1.807, 2.05) is 49.4 Å². The fourth-order valence-electron chi connectivity index (χ4n) is 4.62. The third kappa shape index (κ3) is 3.80. The van der Waals surface area contributed by atoms with Crippen LogP contribution in [0.15, 0.2) is 59.5 Å². The summed E-state index contributed by atoms with van der Waals surface area (Å²) in [6.45, 7) is 8.14. The van der Waals surface area contributed by atoms with Crippen LogP contribution in [0, 0.1) is 12.3 Å². The molecule has 8 nitrogen and oxygen atoms in total. The minimum atomic E-state index is -0.240. The fraction of sp³-hybridized carbons (Fsp3) is 0.308. The summed E-state index contributed by atoms with van der Waals surface area (Å²) in [6.07, 6.45) is 1.69. The van der Waals surface area contributed by atoms with Crippen LogP contribution >= 0.6 is 0 Å². The predicted octanol–water partition coefficient (Wildman–Crippen LogP) is 2.26. The first kappa shape index (κ1) is 22.0. The molecule has 5 rings (SSSR count). The highest BCUT2D eigenvalue weighted by Gasteiger charge is 2.25. The largest absolute Gasteiger partial charge is 0.336 e. The number of carbonyl (C=O) groups is 1. The number of aromatic nitrogens is 3. The predicted molar refractivity (Wildman–Crippen MR) is 131 cm³/mol. The number of pyridine rings is 2. The monoisotopic (exact) mass is 456 g/mol. The lowest BCUT2D eigenvalue weighted by molar-refractivity contribution is 0.0640. The van der Waals surface area contributed by atoms with Crippen LogP contribution in [0.25, 0.3) is 16.7 Å². The molecule has 1 aromatic carbocycles. The van der Waals surface area contributed by atoms with E-state index < -0.39 is 0 Å². The Morgan fingerprint density at radius 2 is 1.76 bits per heavy atom. The van der Waals surface area contributed by atoms with Gasteiger partial charge in [0.15, 0.2) is 0 Å². The Balaban J connectivity index is 1.72. The molecule has 174 valence electrons. The van der Waals surface area contributed by atoms with Crippen molar-refractivity contribution in [3.63, 3.8) is 0 Å². The zero-order chi connectivity index (χ0) is 23.8. The highest BCUT2D eigenvalue weighted by Crippen LogP contribution is 2.16. The van der Waals surface area contributed by atoms with Crippen LogP contribution in [0.2, 0.25) is 0 Å². The Kier molecular flexibility index (Phi) is 5.75. The van der Waals surface area contributed by atoms with E-state index in [-0.39, 0.29) is 22.5 Å². The molecule has 0 spiro atoms. The fourth-order valence-corrected chi connectivity index (χ4v) is 4.62. The lowest BCUT2D eigenvalue weighted by Gasteiger charge is -2.34. The zero-order valence-electron chi connectivity index (χ0n) is 19.5. The second kappa shape index (κ2) is 8.87. The molecule has 4 aromatic rings. The van der Waals surface area contributed by atoms with Crippen LogP contribution in [-0.4, -0.2) is 62.4 Å². The number of carbonyl (C=O) groups excluding carboxylic acids is 1. The summed E-state index contributed by atoms with van der Waals surface area (Å²) in [7, 11) is 0. The van der Waals surface area contributed by atoms with E-state index in [2.05, 4.69) is 11.8 Å². The first-order valence-electron chi connectivity index (χ1n) is 11.6. The maximum atomic E-state index is 13.5. The number of aryl methyl sites for hydroxylation is 1. The molecule has 4 heterocycles. The molecule has 0 unspecified atom stereocenters. The summed E-state index contributed by atoms with van der Waals surface area (Å²) < 4.78 is 3.20. The van der Waals surface area contributed by atoms with Crippen molar-refractivity contribution in [1.82, 2.24) is 23.8 Å². The molecule has 0 aliphatic carbocycles.